The number of benzene rings is 2. The van der Waals surface area contributed by atoms with Crippen molar-refractivity contribution in [3.05, 3.63) is 76.7 Å². The first kappa shape index (κ1) is 27.2. The summed E-state index contributed by atoms with van der Waals surface area (Å²) in [6.45, 7) is 3.16. The van der Waals surface area contributed by atoms with E-state index in [0.717, 1.165) is 24.8 Å². The third-order valence-electron chi connectivity index (χ3n) is 6.70. The van der Waals surface area contributed by atoms with Gasteiger partial charge < -0.3 is 15.5 Å². The Labute approximate surface area is 237 Å². The van der Waals surface area contributed by atoms with Gasteiger partial charge in [0.05, 0.1) is 16.8 Å². The molecule has 0 radical (unpaired) electrons. The molecular weight excluding hydrogens is 559 g/mol. The van der Waals surface area contributed by atoms with Crippen molar-refractivity contribution < 1.29 is 13.2 Å². The zero-order valence-electron chi connectivity index (χ0n) is 21.3. The molecule has 9 nitrogen and oxygen atoms in total. The van der Waals surface area contributed by atoms with Gasteiger partial charge >= 0.3 is 0 Å². The van der Waals surface area contributed by atoms with E-state index in [4.69, 9.17) is 23.2 Å². The van der Waals surface area contributed by atoms with E-state index in [1.807, 2.05) is 11.8 Å². The Kier molecular flexibility index (Phi) is 7.97. The van der Waals surface area contributed by atoms with Crippen LogP contribution in [0.1, 0.15) is 24.8 Å². The molecule has 1 aliphatic rings. The first-order chi connectivity index (χ1) is 18.7. The van der Waals surface area contributed by atoms with Gasteiger partial charge in [0.2, 0.25) is 5.91 Å². The summed E-state index contributed by atoms with van der Waals surface area (Å²) in [5.41, 5.74) is 1.94. The van der Waals surface area contributed by atoms with Crippen molar-refractivity contribution in [1.82, 2.24) is 18.8 Å². The zero-order valence-corrected chi connectivity index (χ0v) is 23.6. The quantitative estimate of drug-likeness (QED) is 0.306. The lowest BCUT2D eigenvalue weighted by atomic mass is 10.1. The van der Waals surface area contributed by atoms with E-state index < -0.39 is 10.0 Å². The number of amides is 1. The molecule has 39 heavy (non-hydrogen) atoms. The van der Waals surface area contributed by atoms with Crippen LogP contribution in [-0.2, 0) is 14.8 Å². The molecule has 1 amide bonds. The minimum absolute atomic E-state index is 0.0389. The first-order valence-corrected chi connectivity index (χ1v) is 14.8. The van der Waals surface area contributed by atoms with Crippen molar-refractivity contribution in [3.8, 4) is 0 Å². The van der Waals surface area contributed by atoms with Crippen molar-refractivity contribution in [3.63, 3.8) is 0 Å². The Morgan fingerprint density at radius 3 is 2.54 bits per heavy atom. The molecule has 12 heteroatoms. The maximum absolute atomic E-state index is 13.3. The van der Waals surface area contributed by atoms with Crippen LogP contribution >= 0.6 is 23.2 Å². The summed E-state index contributed by atoms with van der Waals surface area (Å²) in [5, 5.41) is 8.13. The first-order valence-electron chi connectivity index (χ1n) is 12.6. The van der Waals surface area contributed by atoms with E-state index in [0.29, 0.717) is 45.7 Å². The summed E-state index contributed by atoms with van der Waals surface area (Å²) in [6.07, 6.45) is 5.52. The highest BCUT2D eigenvalue weighted by Crippen LogP contribution is 2.27. The van der Waals surface area contributed by atoms with E-state index in [1.165, 1.54) is 16.5 Å². The molecule has 4 aromatic rings. The predicted octanol–water partition coefficient (Wildman–Crippen LogP) is 5.19. The Morgan fingerprint density at radius 1 is 1.05 bits per heavy atom. The number of carbonyl (C=O) groups excluding carboxylic acids is 1. The number of hydrogen-bond acceptors (Lipinski definition) is 7. The Hall–Kier alpha value is -3.34. The van der Waals surface area contributed by atoms with Gasteiger partial charge in [0.15, 0.2) is 5.65 Å². The Morgan fingerprint density at radius 2 is 1.79 bits per heavy atom. The zero-order chi connectivity index (χ0) is 27.6. The van der Waals surface area contributed by atoms with Crippen molar-refractivity contribution >= 4 is 61.7 Å². The van der Waals surface area contributed by atoms with Gasteiger partial charge in [-0.25, -0.2) is 22.4 Å². The summed E-state index contributed by atoms with van der Waals surface area (Å²) in [5.74, 6) is 0.492. The highest BCUT2D eigenvalue weighted by atomic mass is 35.5. The third-order valence-corrected chi connectivity index (χ3v) is 8.81. The highest BCUT2D eigenvalue weighted by molar-refractivity contribution is 7.90. The standard InChI is InChI=1S/C27H28Cl2N6O3S/c1-18-5-7-23(8-6-18)39(37,38)35-11-9-24-26(31-17-32-27(24)35)33-21-4-2-3-10-34(16-21)25(36)15-30-22-13-19(28)12-20(29)14-22/h5-9,11-14,17,21,30H,2-4,10,15-16H2,1H3,(H,31,32,33). The van der Waals surface area contributed by atoms with E-state index in [-0.39, 0.29) is 23.4 Å². The Bertz CT molecular complexity index is 1590. The molecule has 1 saturated heterocycles. The minimum Gasteiger partial charge on any atom is -0.376 e. The molecule has 1 atom stereocenters. The average Bonchev–Trinajstić information content (AvgIpc) is 3.21. The maximum atomic E-state index is 13.3. The van der Waals surface area contributed by atoms with Crippen LogP contribution < -0.4 is 10.6 Å². The molecular formula is C27H28Cl2N6O3S. The summed E-state index contributed by atoms with van der Waals surface area (Å²) < 4.78 is 27.8. The fourth-order valence-electron chi connectivity index (χ4n) is 4.69. The van der Waals surface area contributed by atoms with E-state index >= 15 is 0 Å². The van der Waals surface area contributed by atoms with Crippen molar-refractivity contribution in [2.24, 2.45) is 0 Å². The molecule has 0 bridgehead atoms. The maximum Gasteiger partial charge on any atom is 0.269 e. The summed E-state index contributed by atoms with van der Waals surface area (Å²) in [7, 11) is -3.83. The number of halogens is 2. The molecule has 2 aromatic carbocycles. The smallest absolute Gasteiger partial charge is 0.269 e. The molecule has 1 fully saturated rings. The second kappa shape index (κ2) is 11.4. The largest absolute Gasteiger partial charge is 0.376 e. The SMILES string of the molecule is Cc1ccc(S(=O)(=O)n2ccc3c(NC4CCCCN(C(=O)CNc5cc(Cl)cc(Cl)c5)C4)ncnc32)cc1. The molecule has 1 aliphatic heterocycles. The topological polar surface area (TPSA) is 109 Å². The number of aryl methyl sites for hydroxylation is 1. The van der Waals surface area contributed by atoms with Crippen LogP contribution in [0.4, 0.5) is 11.5 Å². The number of aromatic nitrogens is 3. The van der Waals surface area contributed by atoms with Crippen molar-refractivity contribution in [2.75, 3.05) is 30.3 Å². The van der Waals surface area contributed by atoms with E-state index in [2.05, 4.69) is 20.6 Å². The predicted molar refractivity (Wildman–Crippen MR) is 154 cm³/mol. The molecule has 0 spiro atoms. The molecule has 204 valence electrons. The van der Waals surface area contributed by atoms with Gasteiger partial charge in [-0.3, -0.25) is 4.79 Å². The van der Waals surface area contributed by atoms with Gasteiger partial charge in [-0.05, 0) is 62.6 Å². The van der Waals surface area contributed by atoms with Crippen molar-refractivity contribution in [1.29, 1.82) is 0 Å². The number of nitrogens with zero attached hydrogens (tertiary/aromatic N) is 4. The number of hydrogen-bond donors (Lipinski definition) is 2. The summed E-state index contributed by atoms with van der Waals surface area (Å²) in [6, 6.07) is 13.4. The molecule has 3 heterocycles. The van der Waals surface area contributed by atoms with Crippen LogP contribution in [0.25, 0.3) is 11.0 Å². The average molecular weight is 588 g/mol. The molecule has 2 N–H and O–H groups in total. The number of rotatable bonds is 7. The van der Waals surface area contributed by atoms with Crippen LogP contribution in [0, 0.1) is 6.92 Å². The minimum atomic E-state index is -3.83. The number of nitrogens with one attached hydrogen (secondary N) is 2. The van der Waals surface area contributed by atoms with Gasteiger partial charge in [-0.1, -0.05) is 40.9 Å². The molecule has 0 saturated carbocycles. The second-order valence-corrected chi connectivity index (χ2v) is 12.3. The Balaban J connectivity index is 1.31. The summed E-state index contributed by atoms with van der Waals surface area (Å²) in [4.78, 5) is 23.7. The summed E-state index contributed by atoms with van der Waals surface area (Å²) >= 11 is 12.1. The fraction of sp³-hybridized carbons (Fsp3) is 0.296. The van der Waals surface area contributed by atoms with Crippen LogP contribution in [-0.4, -0.2) is 58.8 Å². The second-order valence-electron chi connectivity index (χ2n) is 9.58. The van der Waals surface area contributed by atoms with Crippen LogP contribution in [0.15, 0.2) is 66.0 Å². The number of anilines is 2. The van der Waals surface area contributed by atoms with E-state index in [9.17, 15) is 13.2 Å². The van der Waals surface area contributed by atoms with Crippen LogP contribution in [0.3, 0.4) is 0 Å². The van der Waals surface area contributed by atoms with Gasteiger partial charge in [0.1, 0.15) is 12.1 Å². The number of likely N-dealkylation sites (tertiary alicyclic amines) is 1. The lowest BCUT2D eigenvalue weighted by molar-refractivity contribution is -0.129. The third kappa shape index (κ3) is 6.13. The monoisotopic (exact) mass is 586 g/mol. The van der Waals surface area contributed by atoms with Gasteiger partial charge in [0.25, 0.3) is 10.0 Å². The lowest BCUT2D eigenvalue weighted by Gasteiger charge is -2.26. The molecule has 0 aliphatic carbocycles. The number of fused-ring (bicyclic) bond motifs is 1. The lowest BCUT2D eigenvalue weighted by Crippen LogP contribution is -2.42. The van der Waals surface area contributed by atoms with Gasteiger partial charge in [0, 0.05) is 41.1 Å². The van der Waals surface area contributed by atoms with Gasteiger partial charge in [-0.15, -0.1) is 0 Å². The highest BCUT2D eigenvalue weighted by Gasteiger charge is 2.25. The van der Waals surface area contributed by atoms with Gasteiger partial charge in [-0.2, -0.15) is 0 Å². The van der Waals surface area contributed by atoms with Crippen LogP contribution in [0.5, 0.6) is 0 Å². The van der Waals surface area contributed by atoms with Crippen LogP contribution in [0.2, 0.25) is 10.0 Å². The fourth-order valence-corrected chi connectivity index (χ4v) is 6.51. The molecule has 1 unspecified atom stereocenters. The molecule has 2 aromatic heterocycles. The van der Waals surface area contributed by atoms with E-state index in [1.54, 1.807) is 48.5 Å². The molecule has 5 rings (SSSR count). The normalized spacial score (nSPS) is 16.2. The van der Waals surface area contributed by atoms with Crippen molar-refractivity contribution in [2.45, 2.75) is 37.1 Å². The number of carbonyl (C=O) groups is 1.